The van der Waals surface area contributed by atoms with Crippen LogP contribution in [0.2, 0.25) is 0 Å². The van der Waals surface area contributed by atoms with Crippen LogP contribution >= 0.6 is 0 Å². The molecule has 7 nitrogen and oxygen atoms in total. The number of carboxylic acid groups (broad SMARTS) is 1. The van der Waals surface area contributed by atoms with Crippen molar-refractivity contribution in [2.75, 3.05) is 18.6 Å². The predicted molar refractivity (Wildman–Crippen MR) is 134 cm³/mol. The lowest BCUT2D eigenvalue weighted by molar-refractivity contribution is -0.121. The number of rotatable bonds is 7. The van der Waals surface area contributed by atoms with Crippen molar-refractivity contribution in [1.82, 2.24) is 5.32 Å². The summed E-state index contributed by atoms with van der Waals surface area (Å²) in [5.74, 6) is -1.63. The molecule has 4 rings (SSSR count). The van der Waals surface area contributed by atoms with Gasteiger partial charge in [-0.3, -0.25) is 4.79 Å². The van der Waals surface area contributed by atoms with Gasteiger partial charge in [0.05, 0.1) is 5.56 Å². The first kappa shape index (κ1) is 24.0. The van der Waals surface area contributed by atoms with Gasteiger partial charge in [0, 0.05) is 18.7 Å². The highest BCUT2D eigenvalue weighted by Gasteiger charge is 2.31. The van der Waals surface area contributed by atoms with Crippen molar-refractivity contribution in [3.63, 3.8) is 0 Å². The van der Waals surface area contributed by atoms with Gasteiger partial charge in [0.1, 0.15) is 12.6 Å². The summed E-state index contributed by atoms with van der Waals surface area (Å²) in [6.45, 7) is 3.84. The molecule has 0 saturated carbocycles. The van der Waals surface area contributed by atoms with Crippen molar-refractivity contribution >= 4 is 23.7 Å². The zero-order valence-corrected chi connectivity index (χ0v) is 19.9. The fourth-order valence-corrected chi connectivity index (χ4v) is 4.44. The van der Waals surface area contributed by atoms with Gasteiger partial charge in [0.15, 0.2) is 0 Å². The molecular weight excluding hydrogens is 444 g/mol. The van der Waals surface area contributed by atoms with Crippen LogP contribution in [0.5, 0.6) is 0 Å². The van der Waals surface area contributed by atoms with Crippen LogP contribution in [0, 0.1) is 5.92 Å². The molecule has 2 N–H and O–H groups in total. The van der Waals surface area contributed by atoms with Gasteiger partial charge >= 0.3 is 12.1 Å². The third kappa shape index (κ3) is 4.89. The molecule has 0 bridgehead atoms. The number of hydrogen-bond acceptors (Lipinski definition) is 4. The highest BCUT2D eigenvalue weighted by Crippen LogP contribution is 2.44. The van der Waals surface area contributed by atoms with E-state index in [1.807, 2.05) is 50.2 Å². The van der Waals surface area contributed by atoms with Gasteiger partial charge in [0.2, 0.25) is 5.91 Å². The SMILES string of the molecule is CC(C)[C@H](NC(=O)OCC1c2ccccc2-c2ccccc21)C(=O)N(C)c1ccc(C(=O)O)cc1. The average Bonchev–Trinajstić information content (AvgIpc) is 3.18. The maximum absolute atomic E-state index is 13.2. The van der Waals surface area contributed by atoms with Crippen LogP contribution in [0.4, 0.5) is 10.5 Å². The molecule has 0 aromatic heterocycles. The van der Waals surface area contributed by atoms with Crippen molar-refractivity contribution in [3.05, 3.63) is 89.5 Å². The van der Waals surface area contributed by atoms with Crippen molar-refractivity contribution in [1.29, 1.82) is 0 Å². The van der Waals surface area contributed by atoms with Crippen LogP contribution in [0.15, 0.2) is 72.8 Å². The second-order valence-electron chi connectivity index (χ2n) is 8.94. The van der Waals surface area contributed by atoms with Crippen LogP contribution in [0.3, 0.4) is 0 Å². The first-order chi connectivity index (χ1) is 16.8. The minimum Gasteiger partial charge on any atom is -0.478 e. The molecule has 0 fully saturated rings. The molecule has 180 valence electrons. The molecule has 35 heavy (non-hydrogen) atoms. The maximum atomic E-state index is 13.2. The summed E-state index contributed by atoms with van der Waals surface area (Å²) in [6.07, 6.45) is -0.659. The topological polar surface area (TPSA) is 95.9 Å². The van der Waals surface area contributed by atoms with Gasteiger partial charge in [-0.25, -0.2) is 9.59 Å². The minimum absolute atomic E-state index is 0.0724. The Balaban J connectivity index is 1.43. The number of ether oxygens (including phenoxy) is 1. The summed E-state index contributed by atoms with van der Waals surface area (Å²) < 4.78 is 5.61. The van der Waals surface area contributed by atoms with E-state index in [9.17, 15) is 14.4 Å². The van der Waals surface area contributed by atoms with Crippen LogP contribution in [0.1, 0.15) is 41.3 Å². The van der Waals surface area contributed by atoms with Crippen molar-refractivity contribution in [2.24, 2.45) is 5.92 Å². The molecule has 0 radical (unpaired) electrons. The second-order valence-corrected chi connectivity index (χ2v) is 8.94. The number of carbonyl (C=O) groups is 3. The van der Waals surface area contributed by atoms with E-state index in [1.54, 1.807) is 19.2 Å². The predicted octanol–water partition coefficient (Wildman–Crippen LogP) is 4.91. The van der Waals surface area contributed by atoms with E-state index in [1.165, 1.54) is 17.0 Å². The lowest BCUT2D eigenvalue weighted by Gasteiger charge is -2.27. The molecule has 0 aliphatic heterocycles. The van der Waals surface area contributed by atoms with E-state index in [2.05, 4.69) is 17.4 Å². The van der Waals surface area contributed by atoms with Crippen LogP contribution in [-0.4, -0.2) is 42.8 Å². The zero-order valence-electron chi connectivity index (χ0n) is 19.9. The van der Waals surface area contributed by atoms with Gasteiger partial charge in [-0.2, -0.15) is 0 Å². The first-order valence-electron chi connectivity index (χ1n) is 11.5. The molecule has 3 aromatic carbocycles. The largest absolute Gasteiger partial charge is 0.478 e. The van der Waals surface area contributed by atoms with Gasteiger partial charge < -0.3 is 20.1 Å². The number of benzene rings is 3. The smallest absolute Gasteiger partial charge is 0.407 e. The number of hydrogen-bond donors (Lipinski definition) is 2. The summed E-state index contributed by atoms with van der Waals surface area (Å²) in [5.41, 5.74) is 5.17. The molecule has 0 saturated heterocycles. The number of anilines is 1. The Labute approximate surface area is 204 Å². The van der Waals surface area contributed by atoms with Gasteiger partial charge in [-0.05, 0) is 52.4 Å². The van der Waals surface area contributed by atoms with Gasteiger partial charge in [-0.1, -0.05) is 62.4 Å². The molecule has 1 aliphatic carbocycles. The summed E-state index contributed by atoms with van der Waals surface area (Å²) in [5, 5.41) is 11.8. The van der Waals surface area contributed by atoms with Crippen molar-refractivity contribution in [2.45, 2.75) is 25.8 Å². The Morgan fingerprint density at radius 3 is 1.97 bits per heavy atom. The summed E-state index contributed by atoms with van der Waals surface area (Å²) in [4.78, 5) is 38.4. The number of carbonyl (C=O) groups excluding carboxylic acids is 2. The zero-order chi connectivity index (χ0) is 25.1. The number of fused-ring (bicyclic) bond motifs is 3. The number of carboxylic acids is 1. The van der Waals surface area contributed by atoms with Crippen molar-refractivity contribution < 1.29 is 24.2 Å². The second kappa shape index (κ2) is 10.0. The molecule has 3 aromatic rings. The highest BCUT2D eigenvalue weighted by molar-refractivity contribution is 5.99. The van der Waals surface area contributed by atoms with E-state index in [4.69, 9.17) is 9.84 Å². The number of likely N-dealkylation sites (N-methyl/N-ethyl adjacent to an activating group) is 1. The van der Waals surface area contributed by atoms with E-state index in [0.29, 0.717) is 5.69 Å². The van der Waals surface area contributed by atoms with E-state index >= 15 is 0 Å². The third-order valence-electron chi connectivity index (χ3n) is 6.38. The maximum Gasteiger partial charge on any atom is 0.407 e. The van der Waals surface area contributed by atoms with Crippen LogP contribution in [0.25, 0.3) is 11.1 Å². The Morgan fingerprint density at radius 1 is 0.914 bits per heavy atom. The number of nitrogens with zero attached hydrogens (tertiary/aromatic N) is 1. The number of alkyl carbamates (subject to hydrolysis) is 1. The number of amides is 2. The number of nitrogens with one attached hydrogen (secondary N) is 1. The minimum atomic E-state index is -1.04. The standard InChI is InChI=1S/C28H28N2O5/c1-17(2)25(26(31)30(3)19-14-12-18(13-15-19)27(32)33)29-28(34)35-16-24-22-10-6-4-8-20(22)21-9-5-7-11-23(21)24/h4-15,17,24-25H,16H2,1-3H3,(H,29,34)(H,32,33)/t25-/m0/s1. The van der Waals surface area contributed by atoms with Gasteiger partial charge in [0.25, 0.3) is 0 Å². The van der Waals surface area contributed by atoms with Crippen molar-refractivity contribution in [3.8, 4) is 11.1 Å². The van der Waals surface area contributed by atoms with Gasteiger partial charge in [-0.15, -0.1) is 0 Å². The van der Waals surface area contributed by atoms with E-state index in [-0.39, 0.29) is 29.9 Å². The Kier molecular flexibility index (Phi) is 6.87. The molecule has 0 unspecified atom stereocenters. The summed E-state index contributed by atoms with van der Waals surface area (Å²) >= 11 is 0. The fraction of sp³-hybridized carbons (Fsp3) is 0.250. The first-order valence-corrected chi connectivity index (χ1v) is 11.5. The quantitative estimate of drug-likeness (QED) is 0.509. The molecule has 2 amide bonds. The summed E-state index contributed by atoms with van der Waals surface area (Å²) in [7, 11) is 1.59. The average molecular weight is 473 g/mol. The Bertz CT molecular complexity index is 1210. The molecule has 7 heteroatoms. The normalized spacial score (nSPS) is 13.0. The van der Waals surface area contributed by atoms with Crippen LogP contribution in [-0.2, 0) is 9.53 Å². The highest BCUT2D eigenvalue weighted by atomic mass is 16.5. The fourth-order valence-electron chi connectivity index (χ4n) is 4.44. The third-order valence-corrected chi connectivity index (χ3v) is 6.38. The lowest BCUT2D eigenvalue weighted by atomic mass is 9.98. The molecular formula is C28H28N2O5. The van der Waals surface area contributed by atoms with Crippen LogP contribution < -0.4 is 10.2 Å². The Morgan fingerprint density at radius 2 is 1.46 bits per heavy atom. The number of aromatic carboxylic acids is 1. The molecule has 1 aliphatic rings. The monoisotopic (exact) mass is 472 g/mol. The van der Waals surface area contributed by atoms with E-state index in [0.717, 1.165) is 22.3 Å². The molecule has 1 atom stereocenters. The molecule has 0 spiro atoms. The molecule has 0 heterocycles. The Hall–Kier alpha value is -4.13. The lowest BCUT2D eigenvalue weighted by Crippen LogP contribution is -2.50. The summed E-state index contributed by atoms with van der Waals surface area (Å²) in [6, 6.07) is 21.4. The van der Waals surface area contributed by atoms with E-state index < -0.39 is 18.1 Å².